The van der Waals surface area contributed by atoms with Gasteiger partial charge in [-0.05, 0) is 41.8 Å². The summed E-state index contributed by atoms with van der Waals surface area (Å²) in [5, 5.41) is 13.6. The largest absolute Gasteiger partial charge is 0.421 e. The number of aromatic nitrogens is 2. The fourth-order valence-electron chi connectivity index (χ4n) is 3.47. The molecule has 0 saturated heterocycles. The van der Waals surface area contributed by atoms with E-state index >= 15 is 0 Å². The lowest BCUT2D eigenvalue weighted by molar-refractivity contribution is -0.121. The predicted octanol–water partition coefficient (Wildman–Crippen LogP) is 5.09. The third-order valence-electron chi connectivity index (χ3n) is 4.95. The summed E-state index contributed by atoms with van der Waals surface area (Å²) in [5.41, 5.74) is 2.02. The summed E-state index contributed by atoms with van der Waals surface area (Å²) >= 11 is 0. The Balaban J connectivity index is 1.31. The highest BCUT2D eigenvalue weighted by Gasteiger charge is 2.13. The molecule has 0 radical (unpaired) electrons. The first kappa shape index (κ1) is 18.9. The number of aryl methyl sites for hydroxylation is 1. The topological polar surface area (TPSA) is 68.0 Å². The lowest BCUT2D eigenvalue weighted by Gasteiger charge is -2.16. The van der Waals surface area contributed by atoms with Crippen LogP contribution in [-0.2, 0) is 11.2 Å². The zero-order valence-corrected chi connectivity index (χ0v) is 16.3. The number of amides is 1. The Labute approximate surface area is 169 Å². The van der Waals surface area contributed by atoms with Crippen LogP contribution in [-0.4, -0.2) is 16.1 Å². The van der Waals surface area contributed by atoms with Gasteiger partial charge in [0.15, 0.2) is 0 Å². The molecule has 1 amide bonds. The number of carbonyl (C=O) groups is 1. The van der Waals surface area contributed by atoms with E-state index in [9.17, 15) is 4.79 Å². The van der Waals surface area contributed by atoms with Crippen molar-refractivity contribution in [2.45, 2.75) is 32.2 Å². The van der Waals surface area contributed by atoms with Crippen molar-refractivity contribution in [3.63, 3.8) is 0 Å². The van der Waals surface area contributed by atoms with Crippen LogP contribution in [0.5, 0.6) is 0 Å². The minimum Gasteiger partial charge on any atom is -0.421 e. The molecule has 0 saturated carbocycles. The Hall–Kier alpha value is -3.47. The molecule has 5 heteroatoms. The van der Waals surface area contributed by atoms with Crippen molar-refractivity contribution in [1.29, 1.82) is 0 Å². The average molecular weight is 385 g/mol. The molecule has 0 aliphatic carbocycles. The van der Waals surface area contributed by atoms with Crippen molar-refractivity contribution in [3.05, 3.63) is 84.3 Å². The third kappa shape index (κ3) is 4.51. The van der Waals surface area contributed by atoms with Gasteiger partial charge in [0, 0.05) is 18.4 Å². The molecule has 0 bridgehead atoms. The molecule has 29 heavy (non-hydrogen) atoms. The van der Waals surface area contributed by atoms with Gasteiger partial charge >= 0.3 is 0 Å². The molecule has 4 aromatic rings. The number of nitrogens with one attached hydrogen (secondary N) is 1. The minimum absolute atomic E-state index is 0.0215. The van der Waals surface area contributed by atoms with Crippen LogP contribution in [0.1, 0.15) is 37.3 Å². The quantitative estimate of drug-likeness (QED) is 0.481. The van der Waals surface area contributed by atoms with Gasteiger partial charge in [0.05, 0.1) is 6.04 Å². The molecule has 1 aromatic heterocycles. The summed E-state index contributed by atoms with van der Waals surface area (Å²) in [4.78, 5) is 12.4. The molecule has 0 aliphatic heterocycles. The molecule has 146 valence electrons. The second-order valence-corrected chi connectivity index (χ2v) is 7.08. The highest BCUT2D eigenvalue weighted by Crippen LogP contribution is 2.24. The molecule has 0 fully saturated rings. The predicted molar refractivity (Wildman–Crippen MR) is 113 cm³/mol. The Morgan fingerprint density at radius 1 is 0.966 bits per heavy atom. The number of carbonyl (C=O) groups excluding carboxylic acids is 1. The smallest absolute Gasteiger partial charge is 0.247 e. The van der Waals surface area contributed by atoms with E-state index in [0.29, 0.717) is 31.0 Å². The number of nitrogens with zero attached hydrogens (tertiary/aromatic N) is 2. The van der Waals surface area contributed by atoms with Crippen LogP contribution < -0.4 is 5.32 Å². The van der Waals surface area contributed by atoms with E-state index in [1.807, 2.05) is 55.5 Å². The van der Waals surface area contributed by atoms with Gasteiger partial charge < -0.3 is 9.73 Å². The van der Waals surface area contributed by atoms with Crippen molar-refractivity contribution >= 4 is 16.7 Å². The number of rotatable bonds is 7. The van der Waals surface area contributed by atoms with Gasteiger partial charge in [-0.2, -0.15) is 0 Å². The highest BCUT2D eigenvalue weighted by molar-refractivity contribution is 5.86. The van der Waals surface area contributed by atoms with Crippen LogP contribution in [0.25, 0.3) is 22.2 Å². The molecule has 5 nitrogen and oxygen atoms in total. The molecule has 1 N–H and O–H groups in total. The molecule has 1 unspecified atom stereocenters. The molecule has 0 spiro atoms. The lowest BCUT2D eigenvalue weighted by atomic mass is 9.99. The molecule has 1 heterocycles. The molecule has 4 rings (SSSR count). The molecule has 3 aromatic carbocycles. The van der Waals surface area contributed by atoms with Crippen molar-refractivity contribution < 1.29 is 9.21 Å². The van der Waals surface area contributed by atoms with Crippen LogP contribution in [0.3, 0.4) is 0 Å². The Morgan fingerprint density at radius 2 is 1.72 bits per heavy atom. The Kier molecular flexibility index (Phi) is 5.66. The lowest BCUT2D eigenvalue weighted by Crippen LogP contribution is -2.26. The van der Waals surface area contributed by atoms with E-state index in [4.69, 9.17) is 4.42 Å². The zero-order chi connectivity index (χ0) is 20.1. The highest BCUT2D eigenvalue weighted by atomic mass is 16.4. The summed E-state index contributed by atoms with van der Waals surface area (Å²) in [5.74, 6) is 1.08. The fourth-order valence-corrected chi connectivity index (χ4v) is 3.47. The summed E-state index contributed by atoms with van der Waals surface area (Å²) in [6.07, 6.45) is 1.65. The van der Waals surface area contributed by atoms with Crippen LogP contribution in [0, 0.1) is 0 Å². The van der Waals surface area contributed by atoms with Gasteiger partial charge in [0.2, 0.25) is 17.7 Å². The number of hydrogen-bond donors (Lipinski definition) is 1. The van der Waals surface area contributed by atoms with Gasteiger partial charge in [-0.25, -0.2) is 0 Å². The first-order chi connectivity index (χ1) is 14.2. The van der Waals surface area contributed by atoms with Crippen molar-refractivity contribution in [2.24, 2.45) is 0 Å². The summed E-state index contributed by atoms with van der Waals surface area (Å²) in [6, 6.07) is 24.0. The number of benzene rings is 3. The van der Waals surface area contributed by atoms with E-state index in [0.717, 1.165) is 11.1 Å². The first-order valence-corrected chi connectivity index (χ1v) is 9.85. The molecular weight excluding hydrogens is 362 g/mol. The minimum atomic E-state index is -0.0540. The van der Waals surface area contributed by atoms with E-state index in [1.165, 1.54) is 10.8 Å². The molecular formula is C24H23N3O2. The van der Waals surface area contributed by atoms with Crippen molar-refractivity contribution in [3.8, 4) is 11.5 Å². The van der Waals surface area contributed by atoms with Crippen LogP contribution in [0.2, 0.25) is 0 Å². The summed E-state index contributed by atoms with van der Waals surface area (Å²) in [7, 11) is 0. The molecule has 0 aliphatic rings. The fraction of sp³-hybridized carbons (Fsp3) is 0.208. The van der Waals surface area contributed by atoms with E-state index < -0.39 is 0 Å². The van der Waals surface area contributed by atoms with Crippen LogP contribution >= 0.6 is 0 Å². The van der Waals surface area contributed by atoms with Crippen LogP contribution in [0.15, 0.2) is 77.2 Å². The van der Waals surface area contributed by atoms with Gasteiger partial charge in [-0.3, -0.25) is 4.79 Å². The van der Waals surface area contributed by atoms with Crippen LogP contribution in [0.4, 0.5) is 0 Å². The van der Waals surface area contributed by atoms with Gasteiger partial charge in [0.25, 0.3) is 0 Å². The SMILES string of the molecule is CC(NC(=O)CCCc1nnc(-c2ccccc2)o1)c1cccc2ccccc12. The molecule has 1 atom stereocenters. The standard InChI is InChI=1S/C24H23N3O2/c1-17(20-14-7-12-18-9-5-6-13-21(18)20)25-22(28)15-8-16-23-26-27-24(29-23)19-10-3-2-4-11-19/h2-7,9-14,17H,8,15-16H2,1H3,(H,25,28). The van der Waals surface area contributed by atoms with Gasteiger partial charge in [-0.1, -0.05) is 60.7 Å². The van der Waals surface area contributed by atoms with Crippen molar-refractivity contribution in [2.75, 3.05) is 0 Å². The van der Waals surface area contributed by atoms with E-state index in [1.54, 1.807) is 0 Å². The Morgan fingerprint density at radius 3 is 2.59 bits per heavy atom. The second-order valence-electron chi connectivity index (χ2n) is 7.08. The maximum Gasteiger partial charge on any atom is 0.247 e. The summed E-state index contributed by atoms with van der Waals surface area (Å²) < 4.78 is 5.70. The summed E-state index contributed by atoms with van der Waals surface area (Å²) in [6.45, 7) is 2.02. The Bertz CT molecular complexity index is 1100. The average Bonchev–Trinajstić information content (AvgIpc) is 3.23. The maximum atomic E-state index is 12.4. The normalized spacial score (nSPS) is 12.0. The van der Waals surface area contributed by atoms with Crippen molar-refractivity contribution in [1.82, 2.24) is 15.5 Å². The first-order valence-electron chi connectivity index (χ1n) is 9.85. The van der Waals surface area contributed by atoms with Gasteiger partial charge in [-0.15, -0.1) is 10.2 Å². The number of fused-ring (bicyclic) bond motifs is 1. The van der Waals surface area contributed by atoms with E-state index in [-0.39, 0.29) is 11.9 Å². The van der Waals surface area contributed by atoms with E-state index in [2.05, 4.69) is 39.8 Å². The second kappa shape index (κ2) is 8.69. The monoisotopic (exact) mass is 385 g/mol. The van der Waals surface area contributed by atoms with Gasteiger partial charge in [0.1, 0.15) is 0 Å². The maximum absolute atomic E-state index is 12.4. The number of hydrogen-bond acceptors (Lipinski definition) is 4. The third-order valence-corrected chi connectivity index (χ3v) is 4.95. The zero-order valence-electron chi connectivity index (χ0n) is 16.3.